The number of carboxylic acid groups (broad SMARTS) is 1. The van der Waals surface area contributed by atoms with Crippen LogP contribution >= 0.6 is 11.3 Å². The molecular formula is C15H18N2O4S2. The zero-order chi connectivity index (χ0) is 17.2. The van der Waals surface area contributed by atoms with E-state index in [1.54, 1.807) is 23.6 Å². The summed E-state index contributed by atoms with van der Waals surface area (Å²) in [6.07, 6.45) is 0. The fraction of sp³-hybridized carbons (Fsp3) is 0.267. The van der Waals surface area contributed by atoms with Gasteiger partial charge >= 0.3 is 5.97 Å². The summed E-state index contributed by atoms with van der Waals surface area (Å²) in [7, 11) is -1.89. The molecule has 3 N–H and O–H groups in total. The molecule has 0 spiro atoms. The molecule has 0 aliphatic heterocycles. The van der Waals surface area contributed by atoms with Gasteiger partial charge < -0.3 is 5.11 Å². The van der Waals surface area contributed by atoms with Crippen LogP contribution < -0.4 is 5.14 Å². The summed E-state index contributed by atoms with van der Waals surface area (Å²) in [5.41, 5.74) is 1.53. The quantitative estimate of drug-likeness (QED) is 0.829. The molecule has 6 nitrogen and oxygen atoms in total. The summed E-state index contributed by atoms with van der Waals surface area (Å²) in [5, 5.41) is 16.1. The third-order valence-corrected chi connectivity index (χ3v) is 5.55. The van der Waals surface area contributed by atoms with Gasteiger partial charge in [-0.2, -0.15) is 0 Å². The Morgan fingerprint density at radius 2 is 2.09 bits per heavy atom. The van der Waals surface area contributed by atoms with Crippen LogP contribution in [0.4, 0.5) is 0 Å². The summed E-state index contributed by atoms with van der Waals surface area (Å²) >= 11 is 1.19. The van der Waals surface area contributed by atoms with Crippen molar-refractivity contribution in [3.8, 4) is 0 Å². The minimum absolute atomic E-state index is 0.0667. The Labute approximate surface area is 139 Å². The SMILES string of the molecule is CC(c1cccc(S(N)(=O)=O)c1)N(C)Cc1ccsc1C(=O)O. The van der Waals surface area contributed by atoms with E-state index < -0.39 is 16.0 Å². The van der Waals surface area contributed by atoms with E-state index in [-0.39, 0.29) is 10.9 Å². The molecule has 8 heteroatoms. The van der Waals surface area contributed by atoms with Crippen LogP contribution in [0.25, 0.3) is 0 Å². The molecule has 0 radical (unpaired) electrons. The summed E-state index contributed by atoms with van der Waals surface area (Å²) in [5.74, 6) is -0.938. The van der Waals surface area contributed by atoms with Crippen molar-refractivity contribution in [2.45, 2.75) is 24.4 Å². The molecule has 1 heterocycles. The maximum absolute atomic E-state index is 11.5. The van der Waals surface area contributed by atoms with Crippen LogP contribution in [0.1, 0.15) is 33.8 Å². The van der Waals surface area contributed by atoms with Gasteiger partial charge in [0.1, 0.15) is 4.88 Å². The Bertz CT molecular complexity index is 814. The Kier molecular flexibility index (Phi) is 5.20. The number of carbonyl (C=O) groups is 1. The molecule has 124 valence electrons. The van der Waals surface area contributed by atoms with Crippen LogP contribution in [0.2, 0.25) is 0 Å². The molecule has 0 aliphatic rings. The topological polar surface area (TPSA) is 101 Å². The van der Waals surface area contributed by atoms with Crippen LogP contribution in [0.15, 0.2) is 40.6 Å². The monoisotopic (exact) mass is 354 g/mol. The number of carboxylic acids is 1. The number of nitrogens with two attached hydrogens (primary N) is 1. The lowest BCUT2D eigenvalue weighted by atomic mass is 10.1. The summed E-state index contributed by atoms with van der Waals surface area (Å²) in [4.78, 5) is 13.5. The second-order valence-electron chi connectivity index (χ2n) is 5.29. The highest BCUT2D eigenvalue weighted by Crippen LogP contribution is 2.25. The molecule has 0 saturated carbocycles. The van der Waals surface area contributed by atoms with Crippen molar-refractivity contribution >= 4 is 27.3 Å². The van der Waals surface area contributed by atoms with E-state index in [0.29, 0.717) is 11.4 Å². The van der Waals surface area contributed by atoms with Gasteiger partial charge in [-0.1, -0.05) is 12.1 Å². The highest BCUT2D eigenvalue weighted by atomic mass is 32.2. The molecule has 0 amide bonds. The first-order valence-electron chi connectivity index (χ1n) is 6.83. The van der Waals surface area contributed by atoms with Crippen molar-refractivity contribution in [2.24, 2.45) is 5.14 Å². The van der Waals surface area contributed by atoms with E-state index in [1.807, 2.05) is 24.9 Å². The van der Waals surface area contributed by atoms with Crippen molar-refractivity contribution in [3.63, 3.8) is 0 Å². The zero-order valence-corrected chi connectivity index (χ0v) is 14.4. The van der Waals surface area contributed by atoms with Gasteiger partial charge in [0.2, 0.25) is 10.0 Å². The minimum atomic E-state index is -3.75. The lowest BCUT2D eigenvalue weighted by Crippen LogP contribution is -2.23. The highest BCUT2D eigenvalue weighted by molar-refractivity contribution is 7.89. The van der Waals surface area contributed by atoms with E-state index in [0.717, 1.165) is 11.1 Å². The van der Waals surface area contributed by atoms with Crippen molar-refractivity contribution < 1.29 is 18.3 Å². The Hall–Kier alpha value is -1.74. The predicted octanol–water partition coefficient (Wildman–Crippen LogP) is 2.29. The molecule has 0 aliphatic carbocycles. The van der Waals surface area contributed by atoms with Crippen LogP contribution in [-0.2, 0) is 16.6 Å². The lowest BCUT2D eigenvalue weighted by Gasteiger charge is -2.25. The number of aromatic carboxylic acids is 1. The van der Waals surface area contributed by atoms with Crippen LogP contribution in [-0.4, -0.2) is 31.4 Å². The van der Waals surface area contributed by atoms with Gasteiger partial charge in [-0.25, -0.2) is 18.4 Å². The van der Waals surface area contributed by atoms with E-state index in [4.69, 9.17) is 10.2 Å². The third kappa shape index (κ3) is 4.17. The smallest absolute Gasteiger partial charge is 0.346 e. The molecule has 1 atom stereocenters. The Morgan fingerprint density at radius 1 is 1.39 bits per heavy atom. The predicted molar refractivity (Wildman–Crippen MR) is 89.0 cm³/mol. The summed E-state index contributed by atoms with van der Waals surface area (Å²) < 4.78 is 22.9. The second-order valence-corrected chi connectivity index (χ2v) is 7.77. The van der Waals surface area contributed by atoms with Crippen LogP contribution in [0, 0.1) is 0 Å². The van der Waals surface area contributed by atoms with Gasteiger partial charge in [-0.15, -0.1) is 11.3 Å². The molecular weight excluding hydrogens is 336 g/mol. The largest absolute Gasteiger partial charge is 0.477 e. The number of thiophene rings is 1. The molecule has 0 fully saturated rings. The van der Waals surface area contributed by atoms with Gasteiger partial charge in [0.15, 0.2) is 0 Å². The molecule has 0 bridgehead atoms. The number of nitrogens with zero attached hydrogens (tertiary/aromatic N) is 1. The van der Waals surface area contributed by atoms with Gasteiger partial charge in [-0.05, 0) is 48.7 Å². The number of sulfonamides is 1. The number of hydrogen-bond donors (Lipinski definition) is 2. The first kappa shape index (κ1) is 17.6. The number of hydrogen-bond acceptors (Lipinski definition) is 5. The molecule has 2 rings (SSSR count). The van der Waals surface area contributed by atoms with Crippen molar-refractivity contribution in [1.82, 2.24) is 4.90 Å². The summed E-state index contributed by atoms with van der Waals surface area (Å²) in [6.45, 7) is 2.38. The molecule has 2 aromatic rings. The average Bonchev–Trinajstić information content (AvgIpc) is 2.94. The number of benzene rings is 1. The number of primary sulfonamides is 1. The molecule has 1 aromatic carbocycles. The second kappa shape index (κ2) is 6.79. The maximum atomic E-state index is 11.5. The fourth-order valence-electron chi connectivity index (χ4n) is 2.26. The van der Waals surface area contributed by atoms with Gasteiger partial charge in [0.25, 0.3) is 0 Å². The molecule has 1 unspecified atom stereocenters. The zero-order valence-electron chi connectivity index (χ0n) is 12.8. The van der Waals surface area contributed by atoms with Crippen molar-refractivity contribution in [2.75, 3.05) is 7.05 Å². The number of rotatable bonds is 6. The summed E-state index contributed by atoms with van der Waals surface area (Å²) in [6, 6.07) is 8.15. The lowest BCUT2D eigenvalue weighted by molar-refractivity contribution is 0.0700. The van der Waals surface area contributed by atoms with Crippen molar-refractivity contribution in [1.29, 1.82) is 0 Å². The van der Waals surface area contributed by atoms with Gasteiger partial charge in [-0.3, -0.25) is 4.90 Å². The highest BCUT2D eigenvalue weighted by Gasteiger charge is 2.18. The first-order chi connectivity index (χ1) is 10.7. The van der Waals surface area contributed by atoms with Crippen molar-refractivity contribution in [3.05, 3.63) is 51.7 Å². The van der Waals surface area contributed by atoms with Crippen LogP contribution in [0.5, 0.6) is 0 Å². The molecule has 0 saturated heterocycles. The third-order valence-electron chi connectivity index (χ3n) is 3.69. The maximum Gasteiger partial charge on any atom is 0.346 e. The standard InChI is InChI=1S/C15H18N2O4S2/c1-10(11-4-3-5-13(8-11)23(16,20)21)17(2)9-12-6-7-22-14(12)15(18)19/h3-8,10H,9H2,1-2H3,(H,18,19)(H2,16,20,21). The minimum Gasteiger partial charge on any atom is -0.477 e. The van der Waals surface area contributed by atoms with Crippen LogP contribution in [0.3, 0.4) is 0 Å². The average molecular weight is 354 g/mol. The van der Waals surface area contributed by atoms with Gasteiger partial charge in [0, 0.05) is 12.6 Å². The molecule has 1 aromatic heterocycles. The van der Waals surface area contributed by atoms with E-state index in [9.17, 15) is 13.2 Å². The van der Waals surface area contributed by atoms with E-state index in [1.165, 1.54) is 17.4 Å². The van der Waals surface area contributed by atoms with E-state index >= 15 is 0 Å². The molecule has 23 heavy (non-hydrogen) atoms. The Balaban J connectivity index is 2.21. The Morgan fingerprint density at radius 3 is 2.70 bits per heavy atom. The fourth-order valence-corrected chi connectivity index (χ4v) is 3.58. The normalized spacial score (nSPS) is 13.2. The first-order valence-corrected chi connectivity index (χ1v) is 9.25. The van der Waals surface area contributed by atoms with Gasteiger partial charge in [0.05, 0.1) is 4.90 Å². The van der Waals surface area contributed by atoms with E-state index in [2.05, 4.69) is 0 Å².